The summed E-state index contributed by atoms with van der Waals surface area (Å²) in [5.74, 6) is -0.659. The van der Waals surface area contributed by atoms with Gasteiger partial charge in [-0.25, -0.2) is 8.42 Å². The van der Waals surface area contributed by atoms with Gasteiger partial charge >= 0.3 is 0 Å². The number of amides is 1. The zero-order valence-electron chi connectivity index (χ0n) is 12.4. The fraction of sp³-hybridized carbons (Fsp3) is 0.188. The second-order valence-corrected chi connectivity index (χ2v) is 8.42. The number of rotatable bonds is 6. The second kappa shape index (κ2) is 8.21. The molecule has 0 saturated heterocycles. The molecule has 0 unspecified atom stereocenters. The van der Waals surface area contributed by atoms with Crippen molar-refractivity contribution >= 4 is 50.5 Å². The highest BCUT2D eigenvalue weighted by molar-refractivity contribution is 7.91. The molecule has 4 nitrogen and oxygen atoms in total. The first-order valence-electron chi connectivity index (χ1n) is 6.97. The number of sulfone groups is 1. The van der Waals surface area contributed by atoms with Crippen molar-refractivity contribution in [1.82, 2.24) is 5.32 Å². The second-order valence-electron chi connectivity index (χ2n) is 5.04. The Kier molecular flexibility index (Phi) is 6.52. The van der Waals surface area contributed by atoms with Gasteiger partial charge in [0.1, 0.15) is 0 Å². The van der Waals surface area contributed by atoms with Crippen molar-refractivity contribution in [2.75, 3.05) is 5.75 Å². The first-order valence-corrected chi connectivity index (χ1v) is 9.75. The lowest BCUT2D eigenvalue weighted by Gasteiger charge is -2.08. The van der Waals surface area contributed by atoms with Gasteiger partial charge in [0.15, 0.2) is 9.84 Å². The Hall–Kier alpha value is -1.27. The molecule has 2 aromatic rings. The molecule has 1 N–H and O–H groups in total. The van der Waals surface area contributed by atoms with Crippen molar-refractivity contribution in [3.05, 3.63) is 63.1 Å². The lowest BCUT2D eigenvalue weighted by Crippen LogP contribution is -2.25. The molecule has 0 radical (unpaired) electrons. The van der Waals surface area contributed by atoms with Crippen LogP contribution in [-0.4, -0.2) is 20.1 Å². The molecule has 0 aromatic heterocycles. The molecule has 128 valence electrons. The average Bonchev–Trinajstić information content (AvgIpc) is 2.52. The third-order valence-corrected chi connectivity index (χ3v) is 5.83. The maximum Gasteiger partial charge on any atom is 0.221 e. The molecule has 0 spiro atoms. The molecular weight excluding hydrogens is 393 g/mol. The molecule has 2 rings (SSSR count). The Morgan fingerprint density at radius 1 is 0.958 bits per heavy atom. The van der Waals surface area contributed by atoms with Crippen LogP contribution in [-0.2, 0) is 21.2 Å². The van der Waals surface area contributed by atoms with Crippen molar-refractivity contribution < 1.29 is 13.2 Å². The Balaban J connectivity index is 1.89. The van der Waals surface area contributed by atoms with Crippen LogP contribution >= 0.6 is 34.8 Å². The van der Waals surface area contributed by atoms with E-state index in [0.29, 0.717) is 20.6 Å². The Morgan fingerprint density at radius 2 is 1.58 bits per heavy atom. The third kappa shape index (κ3) is 5.38. The van der Waals surface area contributed by atoms with E-state index in [1.807, 2.05) is 0 Å². The summed E-state index contributed by atoms with van der Waals surface area (Å²) in [6.45, 7) is 0.204. The summed E-state index contributed by atoms with van der Waals surface area (Å²) < 4.78 is 24.3. The summed E-state index contributed by atoms with van der Waals surface area (Å²) in [5, 5.41) is 4.04. The van der Waals surface area contributed by atoms with Crippen molar-refractivity contribution in [3.63, 3.8) is 0 Å². The van der Waals surface area contributed by atoms with Gasteiger partial charge in [-0.15, -0.1) is 0 Å². The number of halogens is 3. The molecule has 1 amide bonds. The SMILES string of the molecule is O=C(CCS(=O)(=O)c1ccc(Cl)cc1)NCc1ccc(Cl)cc1Cl. The summed E-state index contributed by atoms with van der Waals surface area (Å²) in [6.07, 6.45) is -0.143. The Morgan fingerprint density at radius 3 is 2.21 bits per heavy atom. The summed E-state index contributed by atoms with van der Waals surface area (Å²) >= 11 is 17.5. The summed E-state index contributed by atoms with van der Waals surface area (Å²) in [5.41, 5.74) is 0.704. The van der Waals surface area contributed by atoms with Gasteiger partial charge in [0.05, 0.1) is 10.6 Å². The number of carbonyl (C=O) groups excluding carboxylic acids is 1. The molecule has 8 heteroatoms. The van der Waals surface area contributed by atoms with Crippen molar-refractivity contribution in [3.8, 4) is 0 Å². The zero-order valence-corrected chi connectivity index (χ0v) is 15.5. The van der Waals surface area contributed by atoms with E-state index in [9.17, 15) is 13.2 Å². The lowest BCUT2D eigenvalue weighted by atomic mass is 10.2. The molecule has 0 aliphatic carbocycles. The van der Waals surface area contributed by atoms with Gasteiger partial charge in [0.2, 0.25) is 5.91 Å². The van der Waals surface area contributed by atoms with Crippen LogP contribution in [0.5, 0.6) is 0 Å². The predicted molar refractivity (Wildman–Crippen MR) is 96.4 cm³/mol. The van der Waals surface area contributed by atoms with Crippen LogP contribution < -0.4 is 5.32 Å². The zero-order chi connectivity index (χ0) is 17.7. The topological polar surface area (TPSA) is 63.2 Å². The minimum atomic E-state index is -3.53. The summed E-state index contributed by atoms with van der Waals surface area (Å²) in [6, 6.07) is 10.8. The van der Waals surface area contributed by atoms with Gasteiger partial charge in [0, 0.05) is 28.0 Å². The third-order valence-electron chi connectivity index (χ3n) is 3.26. The van der Waals surface area contributed by atoms with E-state index in [-0.39, 0.29) is 29.5 Å². The molecule has 0 aliphatic heterocycles. The van der Waals surface area contributed by atoms with E-state index >= 15 is 0 Å². The molecule has 0 heterocycles. The Labute approximate surface area is 155 Å². The van der Waals surface area contributed by atoms with E-state index in [1.54, 1.807) is 18.2 Å². The van der Waals surface area contributed by atoms with Gasteiger partial charge in [-0.3, -0.25) is 4.79 Å². The fourth-order valence-corrected chi connectivity index (χ4v) is 3.78. The van der Waals surface area contributed by atoms with E-state index in [0.717, 1.165) is 0 Å². The summed E-state index contributed by atoms with van der Waals surface area (Å²) in [7, 11) is -3.53. The molecule has 0 fully saturated rings. The van der Waals surface area contributed by atoms with Crippen LogP contribution in [0.25, 0.3) is 0 Å². The van der Waals surface area contributed by atoms with E-state index in [2.05, 4.69) is 5.32 Å². The molecule has 0 aliphatic rings. The number of hydrogen-bond acceptors (Lipinski definition) is 3. The maximum atomic E-state index is 12.2. The highest BCUT2D eigenvalue weighted by atomic mass is 35.5. The Bertz CT molecular complexity index is 836. The van der Waals surface area contributed by atoms with Crippen molar-refractivity contribution in [2.45, 2.75) is 17.9 Å². The summed E-state index contributed by atoms with van der Waals surface area (Å²) in [4.78, 5) is 12.0. The number of nitrogens with one attached hydrogen (secondary N) is 1. The van der Waals surface area contributed by atoms with Crippen LogP contribution in [0.4, 0.5) is 0 Å². The van der Waals surface area contributed by atoms with E-state index in [4.69, 9.17) is 34.8 Å². The average molecular weight is 407 g/mol. The van der Waals surface area contributed by atoms with Gasteiger partial charge in [-0.1, -0.05) is 40.9 Å². The van der Waals surface area contributed by atoms with Crippen LogP contribution in [0.15, 0.2) is 47.4 Å². The normalized spacial score (nSPS) is 11.3. The number of carbonyl (C=O) groups is 1. The van der Waals surface area contributed by atoms with E-state index in [1.165, 1.54) is 24.3 Å². The van der Waals surface area contributed by atoms with Crippen molar-refractivity contribution in [1.29, 1.82) is 0 Å². The molecule has 0 bridgehead atoms. The minimum Gasteiger partial charge on any atom is -0.352 e. The van der Waals surface area contributed by atoms with Gasteiger partial charge in [0.25, 0.3) is 0 Å². The predicted octanol–water partition coefficient (Wildman–Crippen LogP) is 4.13. The van der Waals surface area contributed by atoms with Gasteiger partial charge < -0.3 is 5.32 Å². The first-order chi connectivity index (χ1) is 11.3. The van der Waals surface area contributed by atoms with Crippen molar-refractivity contribution in [2.24, 2.45) is 0 Å². The fourth-order valence-electron chi connectivity index (χ4n) is 1.93. The largest absolute Gasteiger partial charge is 0.352 e. The smallest absolute Gasteiger partial charge is 0.221 e. The quantitative estimate of drug-likeness (QED) is 0.784. The van der Waals surface area contributed by atoms with Gasteiger partial charge in [-0.2, -0.15) is 0 Å². The minimum absolute atomic E-state index is 0.139. The van der Waals surface area contributed by atoms with Crippen LogP contribution in [0.2, 0.25) is 15.1 Å². The monoisotopic (exact) mass is 405 g/mol. The highest BCUT2D eigenvalue weighted by Crippen LogP contribution is 2.21. The number of benzene rings is 2. The molecule has 0 saturated carbocycles. The molecular formula is C16H14Cl3NO3S. The lowest BCUT2D eigenvalue weighted by molar-refractivity contribution is -0.120. The van der Waals surface area contributed by atoms with Crippen LogP contribution in [0.3, 0.4) is 0 Å². The first kappa shape index (κ1) is 19.1. The number of hydrogen-bond donors (Lipinski definition) is 1. The van der Waals surface area contributed by atoms with Crippen LogP contribution in [0, 0.1) is 0 Å². The van der Waals surface area contributed by atoms with Gasteiger partial charge in [-0.05, 0) is 42.0 Å². The maximum absolute atomic E-state index is 12.2. The van der Waals surface area contributed by atoms with E-state index < -0.39 is 9.84 Å². The van der Waals surface area contributed by atoms with Crippen LogP contribution in [0.1, 0.15) is 12.0 Å². The highest BCUT2D eigenvalue weighted by Gasteiger charge is 2.16. The molecule has 2 aromatic carbocycles. The standard InChI is InChI=1S/C16H14Cl3NO3S/c17-12-3-5-14(6-4-12)24(22,23)8-7-16(21)20-10-11-1-2-13(18)9-15(11)19/h1-6,9H,7-8,10H2,(H,20,21). The molecule has 0 atom stereocenters. The molecule has 24 heavy (non-hydrogen) atoms.